The number of aromatic nitrogens is 4. The third kappa shape index (κ3) is 2.72. The van der Waals surface area contributed by atoms with Gasteiger partial charge in [-0.2, -0.15) is 4.98 Å². The topological polar surface area (TPSA) is 97.0 Å². The maximum absolute atomic E-state index is 12.1. The van der Waals surface area contributed by atoms with E-state index in [1.807, 2.05) is 0 Å². The second kappa shape index (κ2) is 6.01. The first-order valence-electron chi connectivity index (χ1n) is 8.81. The number of carbonyl (C=O) groups is 1. The lowest BCUT2D eigenvalue weighted by Gasteiger charge is -2.23. The van der Waals surface area contributed by atoms with Gasteiger partial charge in [-0.05, 0) is 38.7 Å². The zero-order chi connectivity index (χ0) is 17.7. The van der Waals surface area contributed by atoms with Gasteiger partial charge >= 0.3 is 0 Å². The van der Waals surface area contributed by atoms with E-state index in [0.29, 0.717) is 5.89 Å². The molecule has 0 spiro atoms. The number of rotatable bonds is 4. The molecule has 26 heavy (non-hydrogen) atoms. The molecule has 0 aromatic carbocycles. The zero-order valence-electron chi connectivity index (χ0n) is 14.3. The molecule has 1 unspecified atom stereocenters. The van der Waals surface area contributed by atoms with Crippen LogP contribution in [0.2, 0.25) is 0 Å². The van der Waals surface area contributed by atoms with E-state index in [1.54, 1.807) is 17.7 Å². The Hall–Kier alpha value is -2.55. The van der Waals surface area contributed by atoms with Crippen LogP contribution >= 0.6 is 11.3 Å². The Morgan fingerprint density at radius 3 is 3.08 bits per heavy atom. The molecule has 3 aromatic heterocycles. The van der Waals surface area contributed by atoms with E-state index in [-0.39, 0.29) is 23.8 Å². The molecular weight excluding hydrogens is 352 g/mol. The molecule has 0 bridgehead atoms. The zero-order valence-corrected chi connectivity index (χ0v) is 15.1. The number of carbonyl (C=O) groups excluding carboxylic acids is 1. The fraction of sp³-hybridized carbons (Fsp3) is 0.471. The van der Waals surface area contributed by atoms with Crippen LogP contribution in [0.5, 0.6) is 0 Å². The van der Waals surface area contributed by atoms with Crippen LogP contribution in [0, 0.1) is 6.92 Å². The van der Waals surface area contributed by atoms with Crippen molar-refractivity contribution in [3.8, 4) is 0 Å². The van der Waals surface area contributed by atoms with E-state index in [4.69, 9.17) is 4.52 Å². The minimum absolute atomic E-state index is 0.0664. The summed E-state index contributed by atoms with van der Waals surface area (Å²) in [7, 11) is 0. The number of anilines is 1. The molecule has 4 heterocycles. The van der Waals surface area contributed by atoms with Crippen molar-refractivity contribution in [2.75, 3.05) is 11.4 Å². The van der Waals surface area contributed by atoms with Crippen LogP contribution < -0.4 is 10.2 Å². The quantitative estimate of drug-likeness (QED) is 0.754. The second-order valence-corrected chi connectivity index (χ2v) is 8.06. The molecule has 1 amide bonds. The van der Waals surface area contributed by atoms with E-state index >= 15 is 0 Å². The highest BCUT2D eigenvalue weighted by Crippen LogP contribution is 2.38. The van der Waals surface area contributed by atoms with Gasteiger partial charge in [0.25, 0.3) is 11.7 Å². The maximum atomic E-state index is 12.1. The number of amides is 1. The first-order valence-corrected chi connectivity index (χ1v) is 9.63. The summed E-state index contributed by atoms with van der Waals surface area (Å²) < 4.78 is 5.44. The average Bonchev–Trinajstić information content (AvgIpc) is 3.06. The molecule has 1 aliphatic heterocycles. The van der Waals surface area contributed by atoms with Crippen molar-refractivity contribution < 1.29 is 9.32 Å². The SMILES string of the molecule is Cc1cc2c(N3CCCC3c3nc(C(=O)NC4CC4)no3)ncnc2s1. The average molecular weight is 370 g/mol. The van der Waals surface area contributed by atoms with E-state index in [9.17, 15) is 4.79 Å². The molecule has 1 aliphatic carbocycles. The number of hydrogen-bond donors (Lipinski definition) is 1. The van der Waals surface area contributed by atoms with Gasteiger partial charge in [0.1, 0.15) is 23.0 Å². The van der Waals surface area contributed by atoms with E-state index < -0.39 is 0 Å². The molecule has 8 nitrogen and oxygen atoms in total. The molecule has 1 N–H and O–H groups in total. The molecule has 5 rings (SSSR count). The van der Waals surface area contributed by atoms with Crippen LogP contribution in [0.25, 0.3) is 10.2 Å². The van der Waals surface area contributed by atoms with Gasteiger partial charge in [-0.15, -0.1) is 11.3 Å². The van der Waals surface area contributed by atoms with Crippen LogP contribution in [0.15, 0.2) is 16.9 Å². The molecule has 1 saturated heterocycles. The summed E-state index contributed by atoms with van der Waals surface area (Å²) in [6.07, 6.45) is 5.55. The number of hydrogen-bond acceptors (Lipinski definition) is 8. The molecule has 9 heteroatoms. The summed E-state index contributed by atoms with van der Waals surface area (Å²) >= 11 is 1.66. The predicted octanol–water partition coefficient (Wildman–Crippen LogP) is 2.62. The number of aryl methyl sites for hydroxylation is 1. The highest BCUT2D eigenvalue weighted by Gasteiger charge is 2.34. The van der Waals surface area contributed by atoms with Crippen molar-refractivity contribution in [1.29, 1.82) is 0 Å². The molecule has 0 radical (unpaired) electrons. The first-order chi connectivity index (χ1) is 12.7. The number of thiophene rings is 1. The van der Waals surface area contributed by atoms with Gasteiger partial charge in [-0.1, -0.05) is 5.16 Å². The van der Waals surface area contributed by atoms with Crippen molar-refractivity contribution in [1.82, 2.24) is 25.4 Å². The Kier molecular flexibility index (Phi) is 3.63. The van der Waals surface area contributed by atoms with Crippen LogP contribution in [0.1, 0.15) is 53.1 Å². The minimum Gasteiger partial charge on any atom is -0.346 e. The van der Waals surface area contributed by atoms with Gasteiger partial charge < -0.3 is 14.7 Å². The molecule has 2 fully saturated rings. The van der Waals surface area contributed by atoms with Gasteiger partial charge in [-0.3, -0.25) is 4.79 Å². The number of fused-ring (bicyclic) bond motifs is 1. The van der Waals surface area contributed by atoms with Gasteiger partial charge in [0.05, 0.1) is 5.39 Å². The number of nitrogens with zero attached hydrogens (tertiary/aromatic N) is 5. The Morgan fingerprint density at radius 1 is 1.35 bits per heavy atom. The normalized spacial score (nSPS) is 20.0. The Morgan fingerprint density at radius 2 is 2.23 bits per heavy atom. The van der Waals surface area contributed by atoms with Gasteiger partial charge in [0.15, 0.2) is 0 Å². The smallest absolute Gasteiger partial charge is 0.292 e. The van der Waals surface area contributed by atoms with Gasteiger partial charge in [0.2, 0.25) is 5.89 Å². The monoisotopic (exact) mass is 370 g/mol. The summed E-state index contributed by atoms with van der Waals surface area (Å²) in [5.74, 6) is 1.22. The maximum Gasteiger partial charge on any atom is 0.292 e. The van der Waals surface area contributed by atoms with Crippen LogP contribution in [-0.4, -0.2) is 38.6 Å². The highest BCUT2D eigenvalue weighted by molar-refractivity contribution is 7.18. The van der Waals surface area contributed by atoms with Crippen molar-refractivity contribution in [2.24, 2.45) is 0 Å². The van der Waals surface area contributed by atoms with Crippen LogP contribution in [0.4, 0.5) is 5.82 Å². The van der Waals surface area contributed by atoms with Gasteiger partial charge in [0, 0.05) is 17.5 Å². The molecule has 2 aliphatic rings. The third-order valence-corrected chi connectivity index (χ3v) is 5.76. The van der Waals surface area contributed by atoms with Crippen molar-refractivity contribution in [2.45, 2.75) is 44.7 Å². The van der Waals surface area contributed by atoms with Crippen LogP contribution in [-0.2, 0) is 0 Å². The highest BCUT2D eigenvalue weighted by atomic mass is 32.1. The second-order valence-electron chi connectivity index (χ2n) is 6.83. The Balaban J connectivity index is 1.45. The van der Waals surface area contributed by atoms with Gasteiger partial charge in [-0.25, -0.2) is 9.97 Å². The van der Waals surface area contributed by atoms with E-state index in [1.165, 1.54) is 4.88 Å². The first kappa shape index (κ1) is 15.7. The molecule has 1 saturated carbocycles. The summed E-state index contributed by atoms with van der Waals surface area (Å²) in [5.41, 5.74) is 0. The Bertz CT molecular complexity index is 979. The Labute approximate surface area is 153 Å². The van der Waals surface area contributed by atoms with E-state index in [2.05, 4.69) is 43.3 Å². The summed E-state index contributed by atoms with van der Waals surface area (Å²) in [5, 5.41) is 7.82. The summed E-state index contributed by atoms with van der Waals surface area (Å²) in [6, 6.07) is 2.32. The van der Waals surface area contributed by atoms with Crippen molar-refractivity contribution in [3.63, 3.8) is 0 Å². The van der Waals surface area contributed by atoms with Crippen LogP contribution in [0.3, 0.4) is 0 Å². The lowest BCUT2D eigenvalue weighted by Crippen LogP contribution is -2.27. The fourth-order valence-corrected chi connectivity index (χ4v) is 4.25. The molecule has 3 aromatic rings. The predicted molar refractivity (Wildman–Crippen MR) is 96.3 cm³/mol. The third-order valence-electron chi connectivity index (χ3n) is 4.80. The molecule has 134 valence electrons. The lowest BCUT2D eigenvalue weighted by atomic mass is 10.2. The lowest BCUT2D eigenvalue weighted by molar-refractivity contribution is 0.0937. The minimum atomic E-state index is -0.259. The molecule has 1 atom stereocenters. The number of nitrogens with one attached hydrogen (secondary N) is 1. The largest absolute Gasteiger partial charge is 0.346 e. The summed E-state index contributed by atoms with van der Waals surface area (Å²) in [6.45, 7) is 2.93. The van der Waals surface area contributed by atoms with Crippen molar-refractivity contribution >= 4 is 33.3 Å². The standard InChI is InChI=1S/C17H18N6O2S/c1-9-7-11-14(18-8-19-17(11)26-9)23-6-2-3-12(23)16-21-13(22-25-16)15(24)20-10-4-5-10/h7-8,10,12H,2-6H2,1H3,(H,20,24). The molecular formula is C17H18N6O2S. The summed E-state index contributed by atoms with van der Waals surface area (Å²) in [4.78, 5) is 29.7. The van der Waals surface area contributed by atoms with E-state index in [0.717, 1.165) is 48.3 Å². The fourth-order valence-electron chi connectivity index (χ4n) is 3.41. The van der Waals surface area contributed by atoms with Crippen molar-refractivity contribution in [3.05, 3.63) is 29.0 Å².